The third-order valence-corrected chi connectivity index (χ3v) is 2.66. The van der Waals surface area contributed by atoms with Crippen LogP contribution in [0.15, 0.2) is 12.3 Å². The van der Waals surface area contributed by atoms with Gasteiger partial charge in [0.05, 0.1) is 0 Å². The highest BCUT2D eigenvalue weighted by molar-refractivity contribution is 14.1. The maximum atomic E-state index is 11.2. The molecule has 0 aliphatic carbocycles. The Balaban J connectivity index is 3.09. The van der Waals surface area contributed by atoms with Crippen molar-refractivity contribution in [1.29, 1.82) is 0 Å². The lowest BCUT2D eigenvalue weighted by atomic mass is 10.3. The molecular weight excluding hydrogens is 382 g/mol. The van der Waals surface area contributed by atoms with Crippen molar-refractivity contribution < 1.29 is 4.79 Å². The Bertz CT molecular complexity index is 314. The Morgan fingerprint density at radius 2 is 2.25 bits per heavy atom. The molecule has 0 atom stereocenters. The molecule has 0 bridgehead atoms. The lowest BCUT2D eigenvalue weighted by Crippen LogP contribution is -2.20. The number of aromatic nitrogens is 1. The number of amides is 1. The molecule has 64 valence electrons. The summed E-state index contributed by atoms with van der Waals surface area (Å²) >= 11 is 4.26. The maximum absolute atomic E-state index is 11.2. The summed E-state index contributed by atoms with van der Waals surface area (Å²) in [7, 11) is 1.60. The number of pyridine rings is 1. The molecule has 0 radical (unpaired) electrons. The third-order valence-electron chi connectivity index (χ3n) is 1.25. The Morgan fingerprint density at radius 3 is 2.75 bits per heavy atom. The summed E-state index contributed by atoms with van der Waals surface area (Å²) < 4.78 is 1.91. The number of hydrogen-bond donors (Lipinski definition) is 1. The van der Waals surface area contributed by atoms with E-state index in [-0.39, 0.29) is 5.91 Å². The van der Waals surface area contributed by atoms with Crippen molar-refractivity contribution in [2.24, 2.45) is 0 Å². The van der Waals surface area contributed by atoms with Crippen molar-refractivity contribution in [1.82, 2.24) is 10.3 Å². The Hall–Kier alpha value is 0.0800. The fraction of sp³-hybridized carbons (Fsp3) is 0.143. The molecule has 1 rings (SSSR count). The fourth-order valence-corrected chi connectivity index (χ4v) is 2.47. The second kappa shape index (κ2) is 4.35. The highest BCUT2D eigenvalue weighted by atomic mass is 127. The smallest absolute Gasteiger partial charge is 0.270 e. The van der Waals surface area contributed by atoms with Gasteiger partial charge in [-0.3, -0.25) is 4.79 Å². The van der Waals surface area contributed by atoms with Crippen molar-refractivity contribution in [2.45, 2.75) is 0 Å². The van der Waals surface area contributed by atoms with E-state index < -0.39 is 0 Å². The molecule has 0 aliphatic heterocycles. The maximum Gasteiger partial charge on any atom is 0.270 e. The zero-order chi connectivity index (χ0) is 9.14. The average molecular weight is 388 g/mol. The van der Waals surface area contributed by atoms with Gasteiger partial charge in [0.25, 0.3) is 5.91 Å². The van der Waals surface area contributed by atoms with E-state index in [0.29, 0.717) is 5.69 Å². The normalized spacial score (nSPS) is 9.58. The van der Waals surface area contributed by atoms with Gasteiger partial charge in [0, 0.05) is 20.4 Å². The van der Waals surface area contributed by atoms with E-state index >= 15 is 0 Å². The molecule has 5 heteroatoms. The van der Waals surface area contributed by atoms with Gasteiger partial charge in [-0.25, -0.2) is 4.98 Å². The minimum atomic E-state index is -0.143. The van der Waals surface area contributed by atoms with Crippen LogP contribution in [0.1, 0.15) is 10.5 Å². The molecule has 0 spiro atoms. The van der Waals surface area contributed by atoms with Gasteiger partial charge >= 0.3 is 0 Å². The quantitative estimate of drug-likeness (QED) is 0.744. The molecule has 0 aromatic carbocycles. The molecule has 1 amide bonds. The van der Waals surface area contributed by atoms with Crippen LogP contribution in [0.3, 0.4) is 0 Å². The summed E-state index contributed by atoms with van der Waals surface area (Å²) in [4.78, 5) is 15.2. The van der Waals surface area contributed by atoms with Crippen LogP contribution in [-0.4, -0.2) is 17.9 Å². The lowest BCUT2D eigenvalue weighted by Gasteiger charge is -2.01. The van der Waals surface area contributed by atoms with E-state index in [1.165, 1.54) is 0 Å². The highest BCUT2D eigenvalue weighted by Gasteiger charge is 2.08. The summed E-state index contributed by atoms with van der Waals surface area (Å²) in [5, 5.41) is 2.53. The first-order valence-corrected chi connectivity index (χ1v) is 5.34. The van der Waals surface area contributed by atoms with Crippen LogP contribution in [0, 0.1) is 7.14 Å². The monoisotopic (exact) mass is 388 g/mol. The van der Waals surface area contributed by atoms with E-state index in [0.717, 1.165) is 7.14 Å². The summed E-state index contributed by atoms with van der Waals surface area (Å²) in [6, 6.07) is 1.92. The number of carbonyl (C=O) groups excluding carboxylic acids is 1. The van der Waals surface area contributed by atoms with E-state index in [4.69, 9.17) is 0 Å². The van der Waals surface area contributed by atoms with E-state index in [1.54, 1.807) is 13.2 Å². The highest BCUT2D eigenvalue weighted by Crippen LogP contribution is 2.12. The van der Waals surface area contributed by atoms with Gasteiger partial charge in [-0.15, -0.1) is 0 Å². The summed E-state index contributed by atoms with van der Waals surface area (Å²) in [5.74, 6) is -0.143. The molecule has 1 aromatic heterocycles. The van der Waals surface area contributed by atoms with Crippen molar-refractivity contribution >= 4 is 51.1 Å². The zero-order valence-corrected chi connectivity index (χ0v) is 10.6. The number of carbonyl (C=O) groups is 1. The van der Waals surface area contributed by atoms with Crippen molar-refractivity contribution in [3.05, 3.63) is 25.1 Å². The number of rotatable bonds is 1. The SMILES string of the molecule is CNC(=O)c1ncc(I)cc1I. The molecule has 12 heavy (non-hydrogen) atoms. The predicted octanol–water partition coefficient (Wildman–Crippen LogP) is 1.65. The first-order chi connectivity index (χ1) is 5.65. The second-order valence-corrected chi connectivity index (χ2v) is 4.47. The molecule has 0 unspecified atom stereocenters. The minimum Gasteiger partial charge on any atom is -0.354 e. The molecule has 1 aromatic rings. The third kappa shape index (κ3) is 2.28. The van der Waals surface area contributed by atoms with Gasteiger partial charge in [-0.05, 0) is 51.2 Å². The summed E-state index contributed by atoms with van der Waals surface area (Å²) in [6.45, 7) is 0. The Morgan fingerprint density at radius 1 is 1.58 bits per heavy atom. The average Bonchev–Trinajstić information content (AvgIpc) is 2.03. The fourth-order valence-electron chi connectivity index (χ4n) is 0.700. The van der Waals surface area contributed by atoms with Crippen molar-refractivity contribution in [3.8, 4) is 0 Å². The number of nitrogens with one attached hydrogen (secondary N) is 1. The van der Waals surface area contributed by atoms with Crippen LogP contribution >= 0.6 is 45.2 Å². The molecule has 0 saturated heterocycles. The summed E-state index contributed by atoms with van der Waals surface area (Å²) in [5.41, 5.74) is 0.485. The van der Waals surface area contributed by atoms with Gasteiger partial charge in [-0.1, -0.05) is 0 Å². The van der Waals surface area contributed by atoms with Crippen LogP contribution in [0.5, 0.6) is 0 Å². The standard InChI is InChI=1S/C7H6I2N2O/c1-10-7(12)6-5(9)2-4(8)3-11-6/h2-3H,1H3,(H,10,12). The lowest BCUT2D eigenvalue weighted by molar-refractivity contribution is 0.0957. The molecular formula is C7H6I2N2O. The zero-order valence-electron chi connectivity index (χ0n) is 6.27. The van der Waals surface area contributed by atoms with E-state index in [1.807, 2.05) is 6.07 Å². The van der Waals surface area contributed by atoms with Gasteiger partial charge in [-0.2, -0.15) is 0 Å². The molecule has 0 saturated carbocycles. The van der Waals surface area contributed by atoms with Crippen molar-refractivity contribution in [2.75, 3.05) is 7.05 Å². The second-order valence-electron chi connectivity index (χ2n) is 2.06. The van der Waals surface area contributed by atoms with Crippen LogP contribution in [0.25, 0.3) is 0 Å². The molecule has 0 aliphatic rings. The van der Waals surface area contributed by atoms with Gasteiger partial charge in [0.1, 0.15) is 5.69 Å². The predicted molar refractivity (Wildman–Crippen MR) is 63.1 cm³/mol. The number of nitrogens with zero attached hydrogens (tertiary/aromatic N) is 1. The largest absolute Gasteiger partial charge is 0.354 e. The topological polar surface area (TPSA) is 42.0 Å². The van der Waals surface area contributed by atoms with Crippen molar-refractivity contribution in [3.63, 3.8) is 0 Å². The molecule has 3 nitrogen and oxygen atoms in total. The van der Waals surface area contributed by atoms with Crippen LogP contribution in [-0.2, 0) is 0 Å². The first kappa shape index (κ1) is 10.2. The van der Waals surface area contributed by atoms with Crippen LogP contribution in [0.4, 0.5) is 0 Å². The number of halogens is 2. The minimum absolute atomic E-state index is 0.143. The summed E-state index contributed by atoms with van der Waals surface area (Å²) in [6.07, 6.45) is 1.67. The van der Waals surface area contributed by atoms with Gasteiger partial charge in [0.2, 0.25) is 0 Å². The first-order valence-electron chi connectivity index (χ1n) is 3.18. The van der Waals surface area contributed by atoms with Gasteiger partial charge < -0.3 is 5.32 Å². The Kier molecular flexibility index (Phi) is 3.69. The molecule has 0 fully saturated rings. The Labute approximate surface area is 97.6 Å². The molecule has 1 heterocycles. The number of hydrogen-bond acceptors (Lipinski definition) is 2. The van der Waals surface area contributed by atoms with E-state index in [9.17, 15) is 4.79 Å². The molecule has 1 N–H and O–H groups in total. The van der Waals surface area contributed by atoms with Gasteiger partial charge in [0.15, 0.2) is 0 Å². The van der Waals surface area contributed by atoms with Crippen LogP contribution in [0.2, 0.25) is 0 Å². The van der Waals surface area contributed by atoms with E-state index in [2.05, 4.69) is 55.5 Å². The van der Waals surface area contributed by atoms with Crippen LogP contribution < -0.4 is 5.32 Å².